The van der Waals surface area contributed by atoms with Crippen molar-refractivity contribution in [3.05, 3.63) is 120 Å². The third-order valence-corrected chi connectivity index (χ3v) is 7.23. The van der Waals surface area contributed by atoms with Crippen LogP contribution in [0.4, 0.5) is 0 Å². The lowest BCUT2D eigenvalue weighted by atomic mass is 9.83. The SMILES string of the molecule is O=C(C1=NNC[C@H]1c1c2ccccc2cc2ccccc12)c1ccc2ccc3ccccc3c2c1. The number of hydrogen-bond acceptors (Lipinski definition) is 3. The highest BCUT2D eigenvalue weighted by atomic mass is 16.1. The summed E-state index contributed by atoms with van der Waals surface area (Å²) in [5.74, 6) is -0.145. The molecule has 6 aromatic rings. The first kappa shape index (κ1) is 19.9. The van der Waals surface area contributed by atoms with Crippen LogP contribution in [-0.4, -0.2) is 18.0 Å². The van der Waals surface area contributed by atoms with Crippen molar-refractivity contribution in [2.45, 2.75) is 5.92 Å². The summed E-state index contributed by atoms with van der Waals surface area (Å²) in [6.45, 7) is 0.607. The standard InChI is InChI=1S/C32H22N2O/c35-32(24-16-15-21-14-13-20-7-1-4-10-25(20)28(21)18-24)31-29(19-33-34-31)30-26-11-5-2-8-22(26)17-23-9-3-6-12-27(23)30/h1-18,29,33H,19H2/t29-/m0/s1. The Balaban J connectivity index is 1.39. The van der Waals surface area contributed by atoms with Gasteiger partial charge in [0.15, 0.2) is 0 Å². The van der Waals surface area contributed by atoms with Gasteiger partial charge < -0.3 is 5.43 Å². The number of rotatable bonds is 3. The van der Waals surface area contributed by atoms with Crippen LogP contribution in [0.25, 0.3) is 43.1 Å². The van der Waals surface area contributed by atoms with E-state index in [2.05, 4.69) is 89.4 Å². The normalized spacial score (nSPS) is 15.5. The Hall–Kier alpha value is -4.50. The number of hydrogen-bond donors (Lipinski definition) is 1. The minimum atomic E-state index is -0.123. The smallest absolute Gasteiger partial charge is 0.209 e. The van der Waals surface area contributed by atoms with Crippen molar-refractivity contribution >= 4 is 54.6 Å². The molecule has 6 aromatic carbocycles. The molecule has 1 aliphatic rings. The number of nitrogens with one attached hydrogen (secondary N) is 1. The topological polar surface area (TPSA) is 41.5 Å². The zero-order valence-electron chi connectivity index (χ0n) is 19.0. The predicted octanol–water partition coefficient (Wildman–Crippen LogP) is 7.23. The molecule has 7 rings (SSSR count). The van der Waals surface area contributed by atoms with E-state index in [0.29, 0.717) is 17.8 Å². The molecule has 0 spiro atoms. The van der Waals surface area contributed by atoms with Gasteiger partial charge in [0.1, 0.15) is 5.71 Å². The molecule has 0 aliphatic carbocycles. The van der Waals surface area contributed by atoms with Crippen molar-refractivity contribution in [3.63, 3.8) is 0 Å². The number of carbonyl (C=O) groups is 1. The Morgan fingerprint density at radius 3 is 1.91 bits per heavy atom. The maximum absolute atomic E-state index is 13.9. The molecule has 1 heterocycles. The van der Waals surface area contributed by atoms with Crippen LogP contribution >= 0.6 is 0 Å². The van der Waals surface area contributed by atoms with Crippen molar-refractivity contribution < 1.29 is 4.79 Å². The summed E-state index contributed by atoms with van der Waals surface area (Å²) in [5.41, 5.74) is 5.55. The van der Waals surface area contributed by atoms with Gasteiger partial charge in [-0.3, -0.25) is 4.79 Å². The van der Waals surface area contributed by atoms with E-state index < -0.39 is 0 Å². The van der Waals surface area contributed by atoms with Gasteiger partial charge >= 0.3 is 0 Å². The fourth-order valence-electron chi connectivity index (χ4n) is 5.56. The zero-order chi connectivity index (χ0) is 23.4. The fraction of sp³-hybridized carbons (Fsp3) is 0.0625. The minimum Gasteiger partial charge on any atom is -0.309 e. The Morgan fingerprint density at radius 2 is 1.20 bits per heavy atom. The third kappa shape index (κ3) is 3.12. The quantitative estimate of drug-likeness (QED) is 0.176. The van der Waals surface area contributed by atoms with Crippen molar-refractivity contribution in [1.82, 2.24) is 5.43 Å². The highest BCUT2D eigenvalue weighted by Gasteiger charge is 2.32. The number of Topliss-reactive ketones (excluding diaryl/α,β-unsaturated/α-hetero) is 1. The first-order chi connectivity index (χ1) is 17.3. The zero-order valence-corrected chi connectivity index (χ0v) is 19.0. The Morgan fingerprint density at radius 1 is 0.629 bits per heavy atom. The van der Waals surface area contributed by atoms with E-state index >= 15 is 0 Å². The molecule has 35 heavy (non-hydrogen) atoms. The van der Waals surface area contributed by atoms with Crippen LogP contribution in [0.2, 0.25) is 0 Å². The monoisotopic (exact) mass is 450 g/mol. The summed E-state index contributed by atoms with van der Waals surface area (Å²) in [4.78, 5) is 13.9. The summed E-state index contributed by atoms with van der Waals surface area (Å²) >= 11 is 0. The van der Waals surface area contributed by atoms with Gasteiger partial charge in [-0.05, 0) is 60.8 Å². The molecule has 166 valence electrons. The van der Waals surface area contributed by atoms with Crippen LogP contribution in [0.15, 0.2) is 114 Å². The maximum Gasteiger partial charge on any atom is 0.209 e. The van der Waals surface area contributed by atoms with Crippen molar-refractivity contribution in [2.75, 3.05) is 6.54 Å². The van der Waals surface area contributed by atoms with Gasteiger partial charge in [0, 0.05) is 12.1 Å². The molecular weight excluding hydrogens is 428 g/mol. The molecule has 1 atom stereocenters. The summed E-state index contributed by atoms with van der Waals surface area (Å²) < 4.78 is 0. The molecule has 1 aliphatic heterocycles. The average molecular weight is 451 g/mol. The highest BCUT2D eigenvalue weighted by Crippen LogP contribution is 2.36. The van der Waals surface area contributed by atoms with E-state index in [1.54, 1.807) is 0 Å². The molecule has 1 N–H and O–H groups in total. The van der Waals surface area contributed by atoms with E-state index in [9.17, 15) is 4.79 Å². The van der Waals surface area contributed by atoms with Crippen LogP contribution in [0.3, 0.4) is 0 Å². The second kappa shape index (κ2) is 7.78. The second-order valence-corrected chi connectivity index (χ2v) is 9.20. The largest absolute Gasteiger partial charge is 0.309 e. The summed E-state index contributed by atoms with van der Waals surface area (Å²) in [5, 5.41) is 13.8. The molecule has 0 unspecified atom stereocenters. The van der Waals surface area contributed by atoms with Gasteiger partial charge in [-0.2, -0.15) is 5.10 Å². The highest BCUT2D eigenvalue weighted by molar-refractivity contribution is 6.48. The summed E-state index contributed by atoms with van der Waals surface area (Å²) in [6, 6.07) is 37.6. The van der Waals surface area contributed by atoms with Gasteiger partial charge in [0.05, 0.1) is 5.92 Å². The first-order valence-electron chi connectivity index (χ1n) is 11.9. The molecule has 0 bridgehead atoms. The molecule has 0 saturated carbocycles. The van der Waals surface area contributed by atoms with E-state index in [-0.39, 0.29) is 11.7 Å². The number of benzene rings is 6. The second-order valence-electron chi connectivity index (χ2n) is 9.20. The van der Waals surface area contributed by atoms with Crippen LogP contribution < -0.4 is 5.43 Å². The van der Waals surface area contributed by atoms with Crippen LogP contribution in [0.5, 0.6) is 0 Å². The molecule has 0 aromatic heterocycles. The molecule has 0 fully saturated rings. The maximum atomic E-state index is 13.9. The van der Waals surface area contributed by atoms with E-state index in [1.807, 2.05) is 30.3 Å². The number of carbonyl (C=O) groups excluding carboxylic acids is 1. The van der Waals surface area contributed by atoms with Crippen LogP contribution in [-0.2, 0) is 0 Å². The van der Waals surface area contributed by atoms with Crippen molar-refractivity contribution in [1.29, 1.82) is 0 Å². The van der Waals surface area contributed by atoms with Gasteiger partial charge in [-0.25, -0.2) is 0 Å². The van der Waals surface area contributed by atoms with E-state index in [0.717, 1.165) is 16.2 Å². The number of fused-ring (bicyclic) bond motifs is 5. The van der Waals surface area contributed by atoms with Crippen molar-refractivity contribution in [3.8, 4) is 0 Å². The number of hydrazone groups is 1. The van der Waals surface area contributed by atoms with Gasteiger partial charge in [0.25, 0.3) is 0 Å². The molecule has 0 amide bonds. The van der Waals surface area contributed by atoms with E-state index in [4.69, 9.17) is 0 Å². The van der Waals surface area contributed by atoms with Crippen molar-refractivity contribution in [2.24, 2.45) is 5.10 Å². The predicted molar refractivity (Wildman–Crippen MR) is 145 cm³/mol. The molecule has 3 heteroatoms. The fourth-order valence-corrected chi connectivity index (χ4v) is 5.56. The molecule has 0 saturated heterocycles. The van der Waals surface area contributed by atoms with E-state index in [1.165, 1.54) is 32.5 Å². The van der Waals surface area contributed by atoms with Gasteiger partial charge in [-0.15, -0.1) is 0 Å². The lowest BCUT2D eigenvalue weighted by Crippen LogP contribution is -2.22. The minimum absolute atomic E-state index is 0.0214. The number of ketones is 1. The number of nitrogens with zero attached hydrogens (tertiary/aromatic N) is 1. The van der Waals surface area contributed by atoms with Crippen LogP contribution in [0.1, 0.15) is 21.8 Å². The summed E-state index contributed by atoms with van der Waals surface area (Å²) in [7, 11) is 0. The molecular formula is C32H22N2O. The molecule has 3 nitrogen and oxygen atoms in total. The van der Waals surface area contributed by atoms with Gasteiger partial charge in [-0.1, -0.05) is 97.1 Å². The lowest BCUT2D eigenvalue weighted by molar-refractivity contribution is 0.106. The first-order valence-corrected chi connectivity index (χ1v) is 11.9. The van der Waals surface area contributed by atoms with Gasteiger partial charge in [0.2, 0.25) is 5.78 Å². The summed E-state index contributed by atoms with van der Waals surface area (Å²) in [6.07, 6.45) is 0. The Labute approximate surface area is 202 Å². The third-order valence-electron chi connectivity index (χ3n) is 7.23. The Kier molecular flexibility index (Phi) is 4.43. The molecule has 0 radical (unpaired) electrons. The van der Waals surface area contributed by atoms with Crippen LogP contribution in [0, 0.1) is 0 Å². The average Bonchev–Trinajstić information content (AvgIpc) is 3.40. The lowest BCUT2D eigenvalue weighted by Gasteiger charge is -2.18. The Bertz CT molecular complexity index is 1780.